The number of aromatic nitrogens is 3. The third-order valence-corrected chi connectivity index (χ3v) is 3.88. The second-order valence-corrected chi connectivity index (χ2v) is 5.21. The summed E-state index contributed by atoms with van der Waals surface area (Å²) in [5.74, 6) is 2.26. The normalized spacial score (nSPS) is 16.0. The molecule has 0 radical (unpaired) electrons. The van der Waals surface area contributed by atoms with Crippen LogP contribution in [0.2, 0.25) is 0 Å². The maximum Gasteiger partial charge on any atom is 0.150 e. The zero-order valence-corrected chi connectivity index (χ0v) is 12.3. The fourth-order valence-electron chi connectivity index (χ4n) is 2.77. The number of H-pyrrole nitrogens is 1. The van der Waals surface area contributed by atoms with Crippen LogP contribution in [-0.2, 0) is 0 Å². The zero-order chi connectivity index (χ0) is 13.4. The molecule has 0 amide bonds. The smallest absolute Gasteiger partial charge is 0.150 e. The highest BCUT2D eigenvalue weighted by Gasteiger charge is 2.18. The first kappa shape index (κ1) is 14.1. The highest BCUT2D eigenvalue weighted by atomic mass is 35.5. The molecule has 4 heterocycles. The Bertz CT molecular complexity index is 716. The molecule has 1 fully saturated rings. The number of rotatable bonds is 2. The van der Waals surface area contributed by atoms with Crippen LogP contribution >= 0.6 is 12.4 Å². The van der Waals surface area contributed by atoms with E-state index in [0.717, 1.165) is 54.2 Å². The predicted molar refractivity (Wildman–Crippen MR) is 83.7 cm³/mol. The van der Waals surface area contributed by atoms with Crippen molar-refractivity contribution in [2.75, 3.05) is 13.1 Å². The molecule has 1 saturated heterocycles. The molecule has 5 nitrogen and oxygen atoms in total. The van der Waals surface area contributed by atoms with E-state index in [0.29, 0.717) is 5.92 Å². The monoisotopic (exact) mass is 304 g/mol. The number of nitrogens with one attached hydrogen (secondary N) is 2. The summed E-state index contributed by atoms with van der Waals surface area (Å²) in [6.07, 6.45) is 5.78. The van der Waals surface area contributed by atoms with Gasteiger partial charge in [0.2, 0.25) is 0 Å². The Morgan fingerprint density at radius 1 is 1.24 bits per heavy atom. The van der Waals surface area contributed by atoms with Gasteiger partial charge in [-0.3, -0.25) is 0 Å². The highest BCUT2D eigenvalue weighted by molar-refractivity contribution is 5.85. The molecule has 0 unspecified atom stereocenters. The molecule has 1 aliphatic heterocycles. The van der Waals surface area contributed by atoms with E-state index in [9.17, 15) is 0 Å². The van der Waals surface area contributed by atoms with Gasteiger partial charge in [0.1, 0.15) is 11.6 Å². The Balaban J connectivity index is 0.00000132. The quantitative estimate of drug-likeness (QED) is 0.763. The lowest BCUT2D eigenvalue weighted by atomic mass is 9.97. The van der Waals surface area contributed by atoms with E-state index in [-0.39, 0.29) is 12.4 Å². The average molecular weight is 305 g/mol. The first-order valence-corrected chi connectivity index (χ1v) is 7.00. The molecule has 0 atom stereocenters. The van der Waals surface area contributed by atoms with Gasteiger partial charge in [-0.25, -0.2) is 9.97 Å². The molecule has 4 rings (SSSR count). The van der Waals surface area contributed by atoms with E-state index < -0.39 is 0 Å². The van der Waals surface area contributed by atoms with Crippen LogP contribution in [0.1, 0.15) is 24.6 Å². The minimum absolute atomic E-state index is 0. The Morgan fingerprint density at radius 2 is 2.10 bits per heavy atom. The first-order valence-electron chi connectivity index (χ1n) is 7.00. The fourth-order valence-corrected chi connectivity index (χ4v) is 2.77. The van der Waals surface area contributed by atoms with Crippen molar-refractivity contribution in [2.45, 2.75) is 18.8 Å². The molecule has 0 saturated carbocycles. The second kappa shape index (κ2) is 5.87. The van der Waals surface area contributed by atoms with Crippen LogP contribution in [0.4, 0.5) is 0 Å². The number of nitrogens with zero attached hydrogens (tertiary/aromatic N) is 2. The number of piperidine rings is 1. The Labute approximate surface area is 128 Å². The Hall–Kier alpha value is -1.85. The molecule has 21 heavy (non-hydrogen) atoms. The minimum atomic E-state index is 0. The molecule has 3 aromatic rings. The van der Waals surface area contributed by atoms with Gasteiger partial charge in [0, 0.05) is 5.92 Å². The van der Waals surface area contributed by atoms with E-state index in [1.54, 1.807) is 6.26 Å². The van der Waals surface area contributed by atoms with E-state index in [1.165, 1.54) is 0 Å². The van der Waals surface area contributed by atoms with Crippen LogP contribution in [0, 0.1) is 0 Å². The van der Waals surface area contributed by atoms with Gasteiger partial charge in [0.15, 0.2) is 0 Å². The predicted octanol–water partition coefficient (Wildman–Crippen LogP) is 3.11. The van der Waals surface area contributed by atoms with Gasteiger partial charge < -0.3 is 14.7 Å². The summed E-state index contributed by atoms with van der Waals surface area (Å²) >= 11 is 0. The Morgan fingerprint density at radius 3 is 2.86 bits per heavy atom. The summed E-state index contributed by atoms with van der Waals surface area (Å²) in [5.41, 5.74) is 2.86. The van der Waals surface area contributed by atoms with Gasteiger partial charge in [0.05, 0.1) is 29.2 Å². The molecule has 110 valence electrons. The summed E-state index contributed by atoms with van der Waals surface area (Å²) < 4.78 is 5.41. The van der Waals surface area contributed by atoms with Crippen LogP contribution in [0.3, 0.4) is 0 Å². The third-order valence-electron chi connectivity index (χ3n) is 3.88. The zero-order valence-electron chi connectivity index (χ0n) is 11.5. The molecule has 0 aromatic carbocycles. The summed E-state index contributed by atoms with van der Waals surface area (Å²) in [5, 5.41) is 3.37. The minimum Gasteiger partial charge on any atom is -0.463 e. The van der Waals surface area contributed by atoms with Gasteiger partial charge in [-0.2, -0.15) is 0 Å². The number of halogens is 1. The molecular weight excluding hydrogens is 288 g/mol. The summed E-state index contributed by atoms with van der Waals surface area (Å²) in [7, 11) is 0. The maximum atomic E-state index is 5.41. The number of aromatic amines is 1. The van der Waals surface area contributed by atoms with Gasteiger partial charge in [-0.1, -0.05) is 0 Å². The second-order valence-electron chi connectivity index (χ2n) is 5.21. The van der Waals surface area contributed by atoms with Crippen molar-refractivity contribution in [2.24, 2.45) is 0 Å². The molecule has 2 N–H and O–H groups in total. The molecule has 0 bridgehead atoms. The first-order chi connectivity index (χ1) is 9.90. The number of fused-ring (bicyclic) bond motifs is 1. The lowest BCUT2D eigenvalue weighted by molar-refractivity contribution is 0.446. The van der Waals surface area contributed by atoms with Crippen molar-refractivity contribution >= 4 is 23.4 Å². The van der Waals surface area contributed by atoms with Crippen molar-refractivity contribution in [3.63, 3.8) is 0 Å². The summed E-state index contributed by atoms with van der Waals surface area (Å²) in [4.78, 5) is 12.5. The summed E-state index contributed by atoms with van der Waals surface area (Å²) in [6, 6.07) is 5.85. The van der Waals surface area contributed by atoms with Gasteiger partial charge in [0.25, 0.3) is 0 Å². The third kappa shape index (κ3) is 2.66. The van der Waals surface area contributed by atoms with E-state index in [1.807, 2.05) is 24.4 Å². The fraction of sp³-hybridized carbons (Fsp3) is 0.333. The molecule has 6 heteroatoms. The number of hydrogen-bond acceptors (Lipinski definition) is 4. The average Bonchev–Trinajstić information content (AvgIpc) is 3.16. The maximum absolute atomic E-state index is 5.41. The van der Waals surface area contributed by atoms with E-state index >= 15 is 0 Å². The molecule has 0 aliphatic carbocycles. The summed E-state index contributed by atoms with van der Waals surface area (Å²) in [6.45, 7) is 2.10. The Kier molecular flexibility index (Phi) is 3.94. The van der Waals surface area contributed by atoms with Crippen molar-refractivity contribution in [3.8, 4) is 11.5 Å². The van der Waals surface area contributed by atoms with E-state index in [2.05, 4.69) is 15.3 Å². The standard InChI is InChI=1S/C15H16N4O.ClH/c1-2-14(20-7-1)12-8-11-13(18-12)9-17-15(19-11)10-3-5-16-6-4-10;/h1-2,7-10,16,18H,3-6H2;1H. The molecule has 1 aliphatic rings. The van der Waals surface area contributed by atoms with Gasteiger partial charge in [-0.05, 0) is 44.1 Å². The van der Waals surface area contributed by atoms with Crippen LogP contribution in [0.15, 0.2) is 35.1 Å². The number of hydrogen-bond donors (Lipinski definition) is 2. The molecule has 0 spiro atoms. The number of furan rings is 1. The van der Waals surface area contributed by atoms with Gasteiger partial charge in [-0.15, -0.1) is 12.4 Å². The lowest BCUT2D eigenvalue weighted by Gasteiger charge is -2.20. The lowest BCUT2D eigenvalue weighted by Crippen LogP contribution is -2.27. The van der Waals surface area contributed by atoms with Crippen molar-refractivity contribution < 1.29 is 4.42 Å². The molecule has 3 aromatic heterocycles. The van der Waals surface area contributed by atoms with Crippen molar-refractivity contribution in [1.82, 2.24) is 20.3 Å². The van der Waals surface area contributed by atoms with Gasteiger partial charge >= 0.3 is 0 Å². The van der Waals surface area contributed by atoms with Crippen LogP contribution in [0.25, 0.3) is 22.5 Å². The van der Waals surface area contributed by atoms with Crippen LogP contribution < -0.4 is 5.32 Å². The van der Waals surface area contributed by atoms with E-state index in [4.69, 9.17) is 9.40 Å². The topological polar surface area (TPSA) is 66.7 Å². The highest BCUT2D eigenvalue weighted by Crippen LogP contribution is 2.26. The van der Waals surface area contributed by atoms with Crippen LogP contribution in [0.5, 0.6) is 0 Å². The molecular formula is C15H17ClN4O. The van der Waals surface area contributed by atoms with Crippen LogP contribution in [-0.4, -0.2) is 28.0 Å². The van der Waals surface area contributed by atoms with Crippen molar-refractivity contribution in [3.05, 3.63) is 36.5 Å². The van der Waals surface area contributed by atoms with Crippen molar-refractivity contribution in [1.29, 1.82) is 0 Å². The largest absolute Gasteiger partial charge is 0.463 e. The SMILES string of the molecule is Cl.c1coc(-c2cc3nc(C4CCNCC4)ncc3[nH]2)c1.